The van der Waals surface area contributed by atoms with Crippen molar-refractivity contribution in [3.05, 3.63) is 23.7 Å². The zero-order valence-corrected chi connectivity index (χ0v) is 6.01. The lowest BCUT2D eigenvalue weighted by Crippen LogP contribution is -2.05. The largest absolute Gasteiger partial charge is 0.364 e. The van der Waals surface area contributed by atoms with Crippen LogP contribution in [0.3, 0.4) is 0 Å². The van der Waals surface area contributed by atoms with Crippen molar-refractivity contribution < 1.29 is 10.2 Å². The highest BCUT2D eigenvalue weighted by Crippen LogP contribution is 2.13. The Morgan fingerprint density at radius 3 is 2.80 bits per heavy atom. The number of nitrogens with zero attached hydrogens (tertiary/aromatic N) is 1. The first-order valence-corrected chi connectivity index (χ1v) is 3.51. The van der Waals surface area contributed by atoms with Gasteiger partial charge in [0.05, 0.1) is 5.69 Å². The Hall–Kier alpha value is -0.710. The molecule has 0 fully saturated rings. The molecule has 0 radical (unpaired) electrons. The topological polar surface area (TPSA) is 53.4 Å². The van der Waals surface area contributed by atoms with Gasteiger partial charge in [-0.3, -0.25) is 0 Å². The van der Waals surface area contributed by atoms with Gasteiger partial charge >= 0.3 is 0 Å². The van der Waals surface area contributed by atoms with E-state index in [1.807, 2.05) is 0 Å². The standard InChI is InChI=1S/C6H7NO2S/c1-4(6(8)9)5-2-3-10-7-5/h2-3,6,8-9H,1H2. The smallest absolute Gasteiger partial charge is 0.180 e. The maximum absolute atomic E-state index is 8.61. The maximum Gasteiger partial charge on any atom is 0.180 e. The summed E-state index contributed by atoms with van der Waals surface area (Å²) < 4.78 is 3.86. The first kappa shape index (κ1) is 7.40. The predicted molar refractivity (Wildman–Crippen MR) is 39.4 cm³/mol. The Kier molecular flexibility index (Phi) is 2.16. The van der Waals surface area contributed by atoms with Gasteiger partial charge < -0.3 is 10.2 Å². The van der Waals surface area contributed by atoms with Crippen LogP contribution in [0.2, 0.25) is 0 Å². The third-order valence-corrected chi connectivity index (χ3v) is 1.64. The van der Waals surface area contributed by atoms with Gasteiger partial charge in [0, 0.05) is 11.0 Å². The molecule has 0 aromatic carbocycles. The van der Waals surface area contributed by atoms with Crippen molar-refractivity contribution in [1.82, 2.24) is 4.37 Å². The fourth-order valence-electron chi connectivity index (χ4n) is 0.510. The van der Waals surface area contributed by atoms with Crippen molar-refractivity contribution in [3.8, 4) is 0 Å². The van der Waals surface area contributed by atoms with Crippen molar-refractivity contribution in [3.63, 3.8) is 0 Å². The van der Waals surface area contributed by atoms with Crippen molar-refractivity contribution >= 4 is 17.1 Å². The summed E-state index contributed by atoms with van der Waals surface area (Å²) in [5, 5.41) is 19.0. The first-order chi connectivity index (χ1) is 4.72. The molecule has 0 saturated heterocycles. The van der Waals surface area contributed by atoms with Gasteiger partial charge in [-0.15, -0.1) is 0 Å². The Bertz CT molecular complexity index is 218. The second kappa shape index (κ2) is 2.92. The average Bonchev–Trinajstić information content (AvgIpc) is 2.36. The van der Waals surface area contributed by atoms with E-state index in [1.54, 1.807) is 11.4 Å². The lowest BCUT2D eigenvalue weighted by Gasteiger charge is -2.02. The minimum Gasteiger partial charge on any atom is -0.364 e. The van der Waals surface area contributed by atoms with Crippen molar-refractivity contribution in [2.75, 3.05) is 0 Å². The van der Waals surface area contributed by atoms with Crippen LogP contribution >= 0.6 is 11.5 Å². The van der Waals surface area contributed by atoms with Gasteiger partial charge in [-0.1, -0.05) is 6.58 Å². The summed E-state index contributed by atoms with van der Waals surface area (Å²) in [5.74, 6) is 0. The molecule has 2 N–H and O–H groups in total. The van der Waals surface area contributed by atoms with Gasteiger partial charge in [0.25, 0.3) is 0 Å². The van der Waals surface area contributed by atoms with Gasteiger partial charge in [0.2, 0.25) is 0 Å². The zero-order valence-electron chi connectivity index (χ0n) is 5.19. The molecule has 1 aromatic heterocycles. The van der Waals surface area contributed by atoms with E-state index in [0.717, 1.165) is 0 Å². The fourth-order valence-corrected chi connectivity index (χ4v) is 1.05. The molecule has 1 aromatic rings. The number of aliphatic hydroxyl groups excluding tert-OH is 1. The van der Waals surface area contributed by atoms with Crippen LogP contribution in [0.5, 0.6) is 0 Å². The minimum absolute atomic E-state index is 0.237. The molecule has 10 heavy (non-hydrogen) atoms. The van der Waals surface area contributed by atoms with Gasteiger partial charge in [-0.05, 0) is 17.6 Å². The monoisotopic (exact) mass is 157 g/mol. The summed E-state index contributed by atoms with van der Waals surface area (Å²) in [6, 6.07) is 1.69. The highest BCUT2D eigenvalue weighted by Gasteiger charge is 2.07. The molecule has 0 saturated carbocycles. The molecule has 0 amide bonds. The van der Waals surface area contributed by atoms with Gasteiger partial charge in [-0.2, -0.15) is 4.37 Å². The Morgan fingerprint density at radius 2 is 2.40 bits per heavy atom. The van der Waals surface area contributed by atoms with Gasteiger partial charge in [0.15, 0.2) is 6.29 Å². The lowest BCUT2D eigenvalue weighted by atomic mass is 10.2. The maximum atomic E-state index is 8.61. The van der Waals surface area contributed by atoms with Crippen LogP contribution in [0.4, 0.5) is 0 Å². The van der Waals surface area contributed by atoms with E-state index < -0.39 is 6.29 Å². The van der Waals surface area contributed by atoms with Crippen LogP contribution in [-0.4, -0.2) is 20.9 Å². The third-order valence-electron chi connectivity index (χ3n) is 1.08. The van der Waals surface area contributed by atoms with Crippen LogP contribution in [-0.2, 0) is 0 Å². The van der Waals surface area contributed by atoms with Crippen LogP contribution in [0.1, 0.15) is 5.69 Å². The molecule has 0 spiro atoms. The fraction of sp³-hybridized carbons (Fsp3) is 0.167. The molecule has 0 aliphatic carbocycles. The summed E-state index contributed by atoms with van der Waals surface area (Å²) in [7, 11) is 0. The van der Waals surface area contributed by atoms with Crippen LogP contribution < -0.4 is 0 Å². The van der Waals surface area contributed by atoms with Gasteiger partial charge in [0.1, 0.15) is 0 Å². The quantitative estimate of drug-likeness (QED) is 0.613. The molecule has 4 heteroatoms. The molecule has 54 valence electrons. The third kappa shape index (κ3) is 1.41. The molecule has 0 bridgehead atoms. The average molecular weight is 157 g/mol. The van der Waals surface area contributed by atoms with E-state index in [4.69, 9.17) is 10.2 Å². The van der Waals surface area contributed by atoms with E-state index in [-0.39, 0.29) is 5.57 Å². The molecule has 1 rings (SSSR count). The Balaban J connectivity index is 2.78. The van der Waals surface area contributed by atoms with Gasteiger partial charge in [-0.25, -0.2) is 0 Å². The summed E-state index contributed by atoms with van der Waals surface area (Å²) in [6.45, 7) is 3.44. The normalized spacial score (nSPS) is 10.3. The molecular formula is C6H7NO2S. The minimum atomic E-state index is -1.50. The number of hydrogen-bond donors (Lipinski definition) is 2. The van der Waals surface area contributed by atoms with E-state index in [0.29, 0.717) is 5.69 Å². The highest BCUT2D eigenvalue weighted by molar-refractivity contribution is 7.03. The number of hydrogen-bond acceptors (Lipinski definition) is 4. The molecule has 0 atom stereocenters. The number of rotatable bonds is 2. The van der Waals surface area contributed by atoms with Crippen molar-refractivity contribution in [1.29, 1.82) is 0 Å². The van der Waals surface area contributed by atoms with Crippen LogP contribution in [0, 0.1) is 0 Å². The Labute approximate surface area is 62.4 Å². The lowest BCUT2D eigenvalue weighted by molar-refractivity contribution is 0.0113. The second-order valence-electron chi connectivity index (χ2n) is 1.78. The van der Waals surface area contributed by atoms with E-state index in [1.165, 1.54) is 11.5 Å². The van der Waals surface area contributed by atoms with Crippen molar-refractivity contribution in [2.45, 2.75) is 6.29 Å². The summed E-state index contributed by atoms with van der Waals surface area (Å²) in [6.07, 6.45) is -1.50. The molecule has 0 unspecified atom stereocenters. The van der Waals surface area contributed by atoms with E-state index >= 15 is 0 Å². The summed E-state index contributed by atoms with van der Waals surface area (Å²) >= 11 is 1.25. The molecule has 0 aliphatic heterocycles. The first-order valence-electron chi connectivity index (χ1n) is 2.67. The number of aromatic nitrogens is 1. The van der Waals surface area contributed by atoms with E-state index in [2.05, 4.69) is 11.0 Å². The SMILES string of the molecule is C=C(c1ccsn1)C(O)O. The van der Waals surface area contributed by atoms with Crippen LogP contribution in [0.15, 0.2) is 18.0 Å². The second-order valence-corrected chi connectivity index (χ2v) is 2.45. The predicted octanol–water partition coefficient (Wildman–Crippen LogP) is 0.467. The molecule has 3 nitrogen and oxygen atoms in total. The Morgan fingerprint density at radius 1 is 1.70 bits per heavy atom. The zero-order chi connectivity index (χ0) is 7.56. The van der Waals surface area contributed by atoms with E-state index in [9.17, 15) is 0 Å². The molecular weight excluding hydrogens is 150 g/mol. The van der Waals surface area contributed by atoms with Crippen molar-refractivity contribution in [2.24, 2.45) is 0 Å². The van der Waals surface area contributed by atoms with Crippen LogP contribution in [0.25, 0.3) is 5.57 Å². The summed E-state index contributed by atoms with van der Waals surface area (Å²) in [5.41, 5.74) is 0.779. The summed E-state index contributed by atoms with van der Waals surface area (Å²) in [4.78, 5) is 0. The molecule has 1 heterocycles. The number of aliphatic hydroxyl groups is 2. The highest BCUT2D eigenvalue weighted by atomic mass is 32.1. The molecule has 0 aliphatic rings.